The van der Waals surface area contributed by atoms with Crippen molar-refractivity contribution >= 4 is 29.3 Å². The minimum atomic E-state index is -0.562. The van der Waals surface area contributed by atoms with E-state index in [9.17, 15) is 9.59 Å². The maximum absolute atomic E-state index is 12.1. The van der Waals surface area contributed by atoms with Crippen LogP contribution in [0.2, 0.25) is 5.02 Å². The van der Waals surface area contributed by atoms with Crippen molar-refractivity contribution in [1.29, 1.82) is 0 Å². The Morgan fingerprint density at radius 1 is 1.14 bits per heavy atom. The SMILES string of the molecule is Cc1coc(C(=O)N[C@@H](C)c2ccc(NC(=O)OCc3ccc(Cl)cc3)cc2)n1. The van der Waals surface area contributed by atoms with Gasteiger partial charge in [0.25, 0.3) is 5.89 Å². The second-order valence-corrected chi connectivity index (χ2v) is 6.88. The molecule has 0 radical (unpaired) electrons. The van der Waals surface area contributed by atoms with Crippen molar-refractivity contribution in [3.8, 4) is 0 Å². The van der Waals surface area contributed by atoms with Crippen LogP contribution in [0.4, 0.5) is 10.5 Å². The number of amides is 2. The normalized spacial score (nSPS) is 11.6. The Morgan fingerprint density at radius 2 is 1.83 bits per heavy atom. The molecule has 1 heterocycles. The standard InChI is InChI=1S/C21H20ClN3O4/c1-13-11-28-20(23-13)19(26)24-14(2)16-5-9-18(10-6-16)25-21(27)29-12-15-3-7-17(22)8-4-15/h3-11,14H,12H2,1-2H3,(H,24,26)(H,25,27)/t14-/m0/s1. The minimum Gasteiger partial charge on any atom is -0.444 e. The summed E-state index contributed by atoms with van der Waals surface area (Å²) in [6, 6.07) is 13.9. The number of nitrogens with one attached hydrogen (secondary N) is 2. The lowest BCUT2D eigenvalue weighted by atomic mass is 10.1. The zero-order valence-corrected chi connectivity index (χ0v) is 16.7. The van der Waals surface area contributed by atoms with Crippen molar-refractivity contribution in [2.75, 3.05) is 5.32 Å². The predicted molar refractivity (Wildman–Crippen MR) is 109 cm³/mol. The van der Waals surface area contributed by atoms with Crippen molar-refractivity contribution in [3.05, 3.63) is 82.5 Å². The molecule has 2 N–H and O–H groups in total. The molecule has 0 spiro atoms. The molecule has 1 aromatic heterocycles. The lowest BCUT2D eigenvalue weighted by molar-refractivity contribution is 0.0904. The van der Waals surface area contributed by atoms with Gasteiger partial charge in [0.1, 0.15) is 12.9 Å². The monoisotopic (exact) mass is 413 g/mol. The molecule has 3 aromatic rings. The van der Waals surface area contributed by atoms with Crippen LogP contribution in [0.15, 0.2) is 59.2 Å². The highest BCUT2D eigenvalue weighted by Gasteiger charge is 2.16. The topological polar surface area (TPSA) is 93.5 Å². The van der Waals surface area contributed by atoms with E-state index in [1.807, 2.05) is 6.92 Å². The fraction of sp³-hybridized carbons (Fsp3) is 0.190. The van der Waals surface area contributed by atoms with E-state index in [1.165, 1.54) is 6.26 Å². The third-order valence-electron chi connectivity index (χ3n) is 4.10. The van der Waals surface area contributed by atoms with Crippen molar-refractivity contribution in [1.82, 2.24) is 10.3 Å². The number of carbonyl (C=O) groups excluding carboxylic acids is 2. The minimum absolute atomic E-state index is 0.0241. The molecule has 3 rings (SSSR count). The lowest BCUT2D eigenvalue weighted by Crippen LogP contribution is -2.26. The Balaban J connectivity index is 1.50. The summed E-state index contributed by atoms with van der Waals surface area (Å²) in [6.07, 6.45) is 0.861. The Hall–Kier alpha value is -3.32. The van der Waals surface area contributed by atoms with E-state index in [-0.39, 0.29) is 18.5 Å². The second-order valence-electron chi connectivity index (χ2n) is 6.44. The van der Waals surface area contributed by atoms with Crippen LogP contribution in [0, 0.1) is 6.92 Å². The summed E-state index contributed by atoms with van der Waals surface area (Å²) in [7, 11) is 0. The van der Waals surface area contributed by atoms with Crippen LogP contribution in [0.25, 0.3) is 0 Å². The largest absolute Gasteiger partial charge is 0.444 e. The lowest BCUT2D eigenvalue weighted by Gasteiger charge is -2.14. The molecule has 150 valence electrons. The third-order valence-corrected chi connectivity index (χ3v) is 4.35. The van der Waals surface area contributed by atoms with Crippen LogP contribution in [0.1, 0.15) is 40.5 Å². The van der Waals surface area contributed by atoms with Gasteiger partial charge in [0, 0.05) is 10.7 Å². The second kappa shape index (κ2) is 9.25. The molecule has 2 aromatic carbocycles. The predicted octanol–water partition coefficient (Wildman–Crippen LogP) is 4.88. The highest BCUT2D eigenvalue weighted by atomic mass is 35.5. The Bertz CT molecular complexity index is 984. The van der Waals surface area contributed by atoms with Crippen molar-refractivity contribution < 1.29 is 18.7 Å². The highest BCUT2D eigenvalue weighted by molar-refractivity contribution is 6.30. The summed E-state index contributed by atoms with van der Waals surface area (Å²) in [6.45, 7) is 3.73. The van der Waals surface area contributed by atoms with Crippen molar-refractivity contribution in [2.24, 2.45) is 0 Å². The van der Waals surface area contributed by atoms with E-state index in [1.54, 1.807) is 55.5 Å². The Labute approximate surface area is 173 Å². The average molecular weight is 414 g/mol. The van der Waals surface area contributed by atoms with Crippen LogP contribution in [0.3, 0.4) is 0 Å². The maximum atomic E-state index is 12.1. The molecule has 0 bridgehead atoms. The van der Waals surface area contributed by atoms with Crippen LogP contribution in [-0.4, -0.2) is 17.0 Å². The van der Waals surface area contributed by atoms with Crippen LogP contribution in [0.5, 0.6) is 0 Å². The van der Waals surface area contributed by atoms with Gasteiger partial charge >= 0.3 is 12.0 Å². The summed E-state index contributed by atoms with van der Waals surface area (Å²) in [5.41, 5.74) is 2.92. The van der Waals surface area contributed by atoms with E-state index in [0.717, 1.165) is 11.1 Å². The third kappa shape index (κ3) is 5.83. The van der Waals surface area contributed by atoms with Gasteiger partial charge in [-0.05, 0) is 49.2 Å². The first-order valence-electron chi connectivity index (χ1n) is 8.92. The van der Waals surface area contributed by atoms with E-state index in [0.29, 0.717) is 16.4 Å². The number of aryl methyl sites for hydroxylation is 1. The van der Waals surface area contributed by atoms with Gasteiger partial charge in [0.15, 0.2) is 0 Å². The molecule has 0 unspecified atom stereocenters. The smallest absolute Gasteiger partial charge is 0.411 e. The fourth-order valence-corrected chi connectivity index (χ4v) is 2.66. The zero-order valence-electron chi connectivity index (χ0n) is 15.9. The molecule has 0 fully saturated rings. The molecule has 0 aliphatic carbocycles. The molecule has 0 aliphatic heterocycles. The van der Waals surface area contributed by atoms with E-state index < -0.39 is 12.0 Å². The molecule has 8 heteroatoms. The summed E-state index contributed by atoms with van der Waals surface area (Å²) < 4.78 is 10.3. The van der Waals surface area contributed by atoms with Gasteiger partial charge in [-0.2, -0.15) is 0 Å². The molecule has 29 heavy (non-hydrogen) atoms. The van der Waals surface area contributed by atoms with Gasteiger partial charge in [0.2, 0.25) is 0 Å². The summed E-state index contributed by atoms with van der Waals surface area (Å²) in [5, 5.41) is 6.10. The van der Waals surface area contributed by atoms with Crippen molar-refractivity contribution in [3.63, 3.8) is 0 Å². The molecule has 0 aliphatic rings. The highest BCUT2D eigenvalue weighted by Crippen LogP contribution is 2.17. The van der Waals surface area contributed by atoms with Gasteiger partial charge in [-0.3, -0.25) is 10.1 Å². The number of benzene rings is 2. The number of hydrogen-bond acceptors (Lipinski definition) is 5. The number of anilines is 1. The molecule has 0 saturated carbocycles. The first kappa shape index (κ1) is 20.4. The van der Waals surface area contributed by atoms with Gasteiger partial charge in [-0.1, -0.05) is 35.9 Å². The van der Waals surface area contributed by atoms with Crippen LogP contribution in [-0.2, 0) is 11.3 Å². The number of halogens is 1. The number of hydrogen-bond donors (Lipinski definition) is 2. The van der Waals surface area contributed by atoms with Gasteiger partial charge < -0.3 is 14.5 Å². The molecule has 7 nitrogen and oxygen atoms in total. The van der Waals surface area contributed by atoms with Crippen LogP contribution >= 0.6 is 11.6 Å². The molecule has 0 saturated heterocycles. The van der Waals surface area contributed by atoms with Gasteiger partial charge in [0.05, 0.1) is 11.7 Å². The molecular formula is C21H20ClN3O4. The zero-order chi connectivity index (χ0) is 20.8. The summed E-state index contributed by atoms with van der Waals surface area (Å²) in [4.78, 5) is 28.1. The number of aromatic nitrogens is 1. The fourth-order valence-electron chi connectivity index (χ4n) is 2.54. The number of rotatable bonds is 6. The summed E-state index contributed by atoms with van der Waals surface area (Å²) in [5.74, 6) is -0.366. The quantitative estimate of drug-likeness (QED) is 0.600. The maximum Gasteiger partial charge on any atom is 0.411 e. The number of ether oxygens (including phenoxy) is 1. The molecule has 1 atom stereocenters. The van der Waals surface area contributed by atoms with Crippen molar-refractivity contribution in [2.45, 2.75) is 26.5 Å². The average Bonchev–Trinajstić information content (AvgIpc) is 3.14. The summed E-state index contributed by atoms with van der Waals surface area (Å²) >= 11 is 5.83. The Kier molecular flexibility index (Phi) is 6.51. The van der Waals surface area contributed by atoms with E-state index in [4.69, 9.17) is 20.8 Å². The van der Waals surface area contributed by atoms with Gasteiger partial charge in [-0.25, -0.2) is 9.78 Å². The van der Waals surface area contributed by atoms with Gasteiger partial charge in [-0.15, -0.1) is 0 Å². The van der Waals surface area contributed by atoms with E-state index in [2.05, 4.69) is 15.6 Å². The van der Waals surface area contributed by atoms with E-state index >= 15 is 0 Å². The number of oxazole rings is 1. The first-order valence-corrected chi connectivity index (χ1v) is 9.29. The first-order chi connectivity index (χ1) is 13.9. The number of nitrogens with zero attached hydrogens (tertiary/aromatic N) is 1. The number of carbonyl (C=O) groups is 2. The Morgan fingerprint density at radius 3 is 2.45 bits per heavy atom. The molecular weight excluding hydrogens is 394 g/mol. The molecule has 2 amide bonds. The van der Waals surface area contributed by atoms with Crippen LogP contribution < -0.4 is 10.6 Å².